The quantitative estimate of drug-likeness (QED) is 0.314. The van der Waals surface area contributed by atoms with E-state index in [4.69, 9.17) is 5.73 Å². The highest BCUT2D eigenvalue weighted by molar-refractivity contribution is 5.94. The lowest BCUT2D eigenvalue weighted by atomic mass is 10.0. The van der Waals surface area contributed by atoms with Crippen molar-refractivity contribution in [1.82, 2.24) is 16.0 Å². The number of rotatable bonds is 12. The third kappa shape index (κ3) is 8.57. The van der Waals surface area contributed by atoms with Crippen LogP contribution in [-0.2, 0) is 32.0 Å². The number of aromatic hydroxyl groups is 1. The minimum Gasteiger partial charge on any atom is -0.508 e. The van der Waals surface area contributed by atoms with Crippen LogP contribution in [0.5, 0.6) is 5.75 Å². The van der Waals surface area contributed by atoms with E-state index < -0.39 is 41.8 Å². The lowest BCUT2D eigenvalue weighted by Crippen LogP contribution is -2.57. The summed E-state index contributed by atoms with van der Waals surface area (Å²) in [6, 6.07) is 12.7. The molecule has 2 aromatic rings. The van der Waals surface area contributed by atoms with Gasteiger partial charge in [0.05, 0.1) is 0 Å². The molecule has 182 valence electrons. The van der Waals surface area contributed by atoms with Crippen LogP contribution in [-0.4, -0.2) is 46.9 Å². The Morgan fingerprint density at radius 1 is 0.794 bits per heavy atom. The fraction of sp³-hybridized carbons (Fsp3) is 0.360. The van der Waals surface area contributed by atoms with E-state index in [9.17, 15) is 24.3 Å². The van der Waals surface area contributed by atoms with Gasteiger partial charge in [-0.25, -0.2) is 0 Å². The highest BCUT2D eigenvalue weighted by Crippen LogP contribution is 2.12. The lowest BCUT2D eigenvalue weighted by molar-refractivity contribution is -0.133. The molecule has 0 heterocycles. The van der Waals surface area contributed by atoms with Crippen LogP contribution in [0.25, 0.3) is 0 Å². The first-order valence-corrected chi connectivity index (χ1v) is 11.2. The average molecular weight is 469 g/mol. The first kappa shape index (κ1) is 26.4. The maximum absolute atomic E-state index is 13.0. The van der Waals surface area contributed by atoms with Crippen molar-refractivity contribution >= 4 is 23.6 Å². The summed E-state index contributed by atoms with van der Waals surface area (Å²) in [5, 5.41) is 17.4. The molecule has 0 bridgehead atoms. The summed E-state index contributed by atoms with van der Waals surface area (Å²) in [5.41, 5.74) is 7.06. The van der Waals surface area contributed by atoms with E-state index in [2.05, 4.69) is 16.0 Å². The van der Waals surface area contributed by atoms with Crippen molar-refractivity contribution in [3.05, 3.63) is 65.7 Å². The fourth-order valence-corrected chi connectivity index (χ4v) is 3.50. The van der Waals surface area contributed by atoms with E-state index in [1.165, 1.54) is 19.1 Å². The predicted octanol–water partition coefficient (Wildman–Crippen LogP) is 0.937. The molecule has 2 aromatic carbocycles. The second-order valence-electron chi connectivity index (χ2n) is 8.13. The molecule has 0 spiro atoms. The molecule has 0 aliphatic heterocycles. The van der Waals surface area contributed by atoms with Crippen molar-refractivity contribution in [2.45, 2.75) is 57.7 Å². The molecule has 2 rings (SSSR count). The fourth-order valence-electron chi connectivity index (χ4n) is 3.50. The molecule has 9 heteroatoms. The smallest absolute Gasteiger partial charge is 0.243 e. The van der Waals surface area contributed by atoms with Crippen LogP contribution in [0.15, 0.2) is 54.6 Å². The molecule has 9 nitrogen and oxygen atoms in total. The Kier molecular flexibility index (Phi) is 10.1. The monoisotopic (exact) mass is 468 g/mol. The highest BCUT2D eigenvalue weighted by atomic mass is 16.3. The zero-order valence-electron chi connectivity index (χ0n) is 19.4. The Morgan fingerprint density at radius 2 is 1.32 bits per heavy atom. The molecule has 0 radical (unpaired) electrons. The van der Waals surface area contributed by atoms with E-state index in [1.54, 1.807) is 12.1 Å². The van der Waals surface area contributed by atoms with Gasteiger partial charge in [0.15, 0.2) is 0 Å². The molecule has 0 aliphatic rings. The number of carbonyl (C=O) groups is 4. The number of primary amides is 1. The normalized spacial score (nSPS) is 13.2. The van der Waals surface area contributed by atoms with Crippen molar-refractivity contribution in [2.24, 2.45) is 5.73 Å². The molecule has 3 atom stereocenters. The maximum Gasteiger partial charge on any atom is 0.243 e. The van der Waals surface area contributed by atoms with Gasteiger partial charge in [-0.3, -0.25) is 19.2 Å². The maximum atomic E-state index is 13.0. The Hall–Kier alpha value is -3.88. The zero-order valence-corrected chi connectivity index (χ0v) is 19.4. The molecule has 0 fully saturated rings. The second-order valence-corrected chi connectivity index (χ2v) is 8.13. The lowest BCUT2D eigenvalue weighted by Gasteiger charge is -2.24. The summed E-state index contributed by atoms with van der Waals surface area (Å²) in [6.45, 7) is 3.16. The molecule has 0 saturated carbocycles. The Bertz CT molecular complexity index is 979. The minimum atomic E-state index is -0.936. The van der Waals surface area contributed by atoms with Crippen molar-refractivity contribution in [2.75, 3.05) is 0 Å². The van der Waals surface area contributed by atoms with E-state index in [0.717, 1.165) is 11.1 Å². The molecule has 4 amide bonds. The molecule has 3 unspecified atom stereocenters. The van der Waals surface area contributed by atoms with Gasteiger partial charge in [-0.2, -0.15) is 0 Å². The highest BCUT2D eigenvalue weighted by Gasteiger charge is 2.28. The van der Waals surface area contributed by atoms with Crippen molar-refractivity contribution in [3.63, 3.8) is 0 Å². The number of carbonyl (C=O) groups excluding carboxylic acids is 4. The average Bonchev–Trinajstić information content (AvgIpc) is 2.79. The summed E-state index contributed by atoms with van der Waals surface area (Å²) in [5.74, 6) is -2.05. The standard InChI is InChI=1S/C25H32N4O5/c1-3-7-20(24(33)29-21(23(26)32)14-17-8-5-4-6-9-17)28-25(34)22(27-16(2)30)15-18-10-12-19(31)13-11-18/h4-6,8-13,20-22,31H,3,7,14-15H2,1-2H3,(H2,26,32)(H,27,30)(H,28,34)(H,29,33). The van der Waals surface area contributed by atoms with Gasteiger partial charge in [-0.05, 0) is 29.7 Å². The number of benzene rings is 2. The van der Waals surface area contributed by atoms with E-state index >= 15 is 0 Å². The first-order valence-electron chi connectivity index (χ1n) is 11.2. The van der Waals surface area contributed by atoms with Gasteiger partial charge in [0.1, 0.15) is 23.9 Å². The zero-order chi connectivity index (χ0) is 25.1. The van der Waals surface area contributed by atoms with Crippen molar-refractivity contribution in [3.8, 4) is 5.75 Å². The molecule has 0 aromatic heterocycles. The van der Waals surface area contributed by atoms with Crippen molar-refractivity contribution < 1.29 is 24.3 Å². The van der Waals surface area contributed by atoms with Gasteiger partial charge in [-0.15, -0.1) is 0 Å². The SMILES string of the molecule is CCCC(NC(=O)C(Cc1ccc(O)cc1)NC(C)=O)C(=O)NC(Cc1ccccc1)C(N)=O. The molecule has 0 aliphatic carbocycles. The van der Waals surface area contributed by atoms with Crippen LogP contribution in [0.3, 0.4) is 0 Å². The third-order valence-electron chi connectivity index (χ3n) is 5.22. The molecule has 0 saturated heterocycles. The van der Waals surface area contributed by atoms with Gasteiger partial charge < -0.3 is 26.8 Å². The Balaban J connectivity index is 2.11. The second kappa shape index (κ2) is 13.0. The first-order chi connectivity index (χ1) is 16.2. The van der Waals surface area contributed by atoms with Crippen molar-refractivity contribution in [1.29, 1.82) is 0 Å². The Labute approximate surface area is 199 Å². The summed E-state index contributed by atoms with van der Waals surface area (Å²) in [6.07, 6.45) is 1.33. The number of phenols is 1. The van der Waals surface area contributed by atoms with Crippen LogP contribution in [0.4, 0.5) is 0 Å². The number of hydrogen-bond donors (Lipinski definition) is 5. The molecular formula is C25H32N4O5. The van der Waals surface area contributed by atoms with Gasteiger partial charge in [0.2, 0.25) is 23.6 Å². The van der Waals surface area contributed by atoms with Gasteiger partial charge in [0, 0.05) is 19.8 Å². The third-order valence-corrected chi connectivity index (χ3v) is 5.22. The largest absolute Gasteiger partial charge is 0.508 e. The van der Waals surface area contributed by atoms with Gasteiger partial charge in [-0.1, -0.05) is 55.8 Å². The molecule has 34 heavy (non-hydrogen) atoms. The Morgan fingerprint density at radius 3 is 1.88 bits per heavy atom. The molecule has 6 N–H and O–H groups in total. The number of nitrogens with two attached hydrogens (primary N) is 1. The van der Waals surface area contributed by atoms with E-state index in [-0.39, 0.29) is 18.6 Å². The van der Waals surface area contributed by atoms with Crippen LogP contribution >= 0.6 is 0 Å². The summed E-state index contributed by atoms with van der Waals surface area (Å²) >= 11 is 0. The number of nitrogens with one attached hydrogen (secondary N) is 3. The van der Waals surface area contributed by atoms with Crippen LogP contribution in [0, 0.1) is 0 Å². The van der Waals surface area contributed by atoms with Crippen LogP contribution in [0.2, 0.25) is 0 Å². The number of phenolic OH excluding ortho intramolecular Hbond substituents is 1. The van der Waals surface area contributed by atoms with Crippen LogP contribution < -0.4 is 21.7 Å². The number of hydrogen-bond acceptors (Lipinski definition) is 5. The topological polar surface area (TPSA) is 151 Å². The van der Waals surface area contributed by atoms with Crippen LogP contribution in [0.1, 0.15) is 37.8 Å². The molecular weight excluding hydrogens is 436 g/mol. The van der Waals surface area contributed by atoms with E-state index in [1.807, 2.05) is 37.3 Å². The van der Waals surface area contributed by atoms with E-state index in [0.29, 0.717) is 12.8 Å². The summed E-state index contributed by atoms with van der Waals surface area (Å²) in [4.78, 5) is 49.6. The van der Waals surface area contributed by atoms with Gasteiger partial charge >= 0.3 is 0 Å². The minimum absolute atomic E-state index is 0.0865. The summed E-state index contributed by atoms with van der Waals surface area (Å²) in [7, 11) is 0. The van der Waals surface area contributed by atoms with Gasteiger partial charge in [0.25, 0.3) is 0 Å². The summed E-state index contributed by atoms with van der Waals surface area (Å²) < 4.78 is 0. The number of amides is 4. The predicted molar refractivity (Wildman–Crippen MR) is 128 cm³/mol.